The van der Waals surface area contributed by atoms with Crippen LogP contribution in [0.15, 0.2) is 6.33 Å². The lowest BCUT2D eigenvalue weighted by molar-refractivity contribution is -0.384. The summed E-state index contributed by atoms with van der Waals surface area (Å²) in [5.74, 6) is 1.01. The average Bonchev–Trinajstić information content (AvgIpc) is 2.45. The lowest BCUT2D eigenvalue weighted by Gasteiger charge is -2.12. The number of thiol groups is 1. The van der Waals surface area contributed by atoms with Gasteiger partial charge in [0.2, 0.25) is 11.5 Å². The second kappa shape index (κ2) is 8.67. The second-order valence-corrected chi connectivity index (χ2v) is 5.60. The third-order valence-corrected chi connectivity index (χ3v) is 3.58. The van der Waals surface area contributed by atoms with Crippen molar-refractivity contribution in [3.8, 4) is 0 Å². The molecule has 0 aliphatic rings. The molecule has 0 spiro atoms. The summed E-state index contributed by atoms with van der Waals surface area (Å²) in [4.78, 5) is 31.6. The van der Waals surface area contributed by atoms with Gasteiger partial charge in [0, 0.05) is 19.8 Å². The van der Waals surface area contributed by atoms with E-state index in [9.17, 15) is 14.9 Å². The summed E-state index contributed by atoms with van der Waals surface area (Å²) in [6, 6.07) is 0. The van der Waals surface area contributed by atoms with E-state index in [1.807, 2.05) is 0 Å². The number of nitrogens with one attached hydrogen (secondary N) is 1. The van der Waals surface area contributed by atoms with Crippen LogP contribution in [0.25, 0.3) is 0 Å². The Morgan fingerprint density at radius 2 is 2.19 bits per heavy atom. The zero-order valence-corrected chi connectivity index (χ0v) is 13.5. The largest absolute Gasteiger partial charge is 0.357 e. The Morgan fingerprint density at radius 1 is 1.48 bits per heavy atom. The van der Waals surface area contributed by atoms with Gasteiger partial charge in [-0.25, -0.2) is 9.97 Å². The maximum absolute atomic E-state index is 12.0. The average molecular weight is 331 g/mol. The number of nitro groups is 1. The van der Waals surface area contributed by atoms with E-state index in [1.165, 1.54) is 16.8 Å². The molecule has 0 saturated heterocycles. The van der Waals surface area contributed by atoms with Crippen molar-refractivity contribution in [1.29, 1.82) is 0 Å². The Morgan fingerprint density at radius 3 is 2.76 bits per heavy atom. The highest BCUT2D eigenvalue weighted by atomic mass is 32.2. The fraction of sp³-hybridized carbons (Fsp3) is 0.545. The Hall–Kier alpha value is -1.55. The Balaban J connectivity index is 2.84. The van der Waals surface area contributed by atoms with Crippen LogP contribution in [0, 0.1) is 10.1 Å². The van der Waals surface area contributed by atoms with Crippen LogP contribution in [0.1, 0.15) is 23.3 Å². The van der Waals surface area contributed by atoms with E-state index >= 15 is 0 Å². The lowest BCUT2D eigenvalue weighted by Crippen LogP contribution is -2.22. The van der Waals surface area contributed by atoms with Crippen LogP contribution in [0.4, 0.5) is 11.5 Å². The van der Waals surface area contributed by atoms with Crippen molar-refractivity contribution in [3.05, 3.63) is 22.1 Å². The molecule has 0 saturated carbocycles. The maximum atomic E-state index is 12.0. The molecule has 116 valence electrons. The SMILES string of the molecule is CN(C)c1ncnc(C(=O)NSCCCCS)c1[N+](=O)[O-]. The molecule has 8 nitrogen and oxygen atoms in total. The number of hydrogen-bond donors (Lipinski definition) is 2. The Bertz CT molecular complexity index is 513. The van der Waals surface area contributed by atoms with Crippen molar-refractivity contribution in [2.24, 2.45) is 0 Å². The lowest BCUT2D eigenvalue weighted by atomic mass is 10.3. The standard InChI is InChI=1S/C11H17N5O3S2/c1-15(2)10-9(16(18)19)8(12-7-13-10)11(17)14-21-6-4-3-5-20/h7,20H,3-6H2,1-2H3,(H,14,17). The van der Waals surface area contributed by atoms with Gasteiger partial charge in [-0.3, -0.25) is 19.6 Å². The van der Waals surface area contributed by atoms with Crippen molar-refractivity contribution in [2.45, 2.75) is 12.8 Å². The predicted octanol–water partition coefficient (Wildman–Crippen LogP) is 1.54. The molecule has 10 heteroatoms. The molecule has 0 radical (unpaired) electrons. The third kappa shape index (κ3) is 5.05. The molecule has 0 fully saturated rings. The van der Waals surface area contributed by atoms with E-state index in [1.54, 1.807) is 14.1 Å². The first-order chi connectivity index (χ1) is 9.99. The highest BCUT2D eigenvalue weighted by Gasteiger charge is 2.28. The van der Waals surface area contributed by atoms with Crippen LogP contribution in [0.2, 0.25) is 0 Å². The van der Waals surface area contributed by atoms with E-state index in [-0.39, 0.29) is 11.5 Å². The van der Waals surface area contributed by atoms with Crippen LogP contribution in [-0.2, 0) is 0 Å². The van der Waals surface area contributed by atoms with E-state index in [0.29, 0.717) is 5.75 Å². The molecule has 0 aliphatic carbocycles. The van der Waals surface area contributed by atoms with Crippen molar-refractivity contribution >= 4 is 42.0 Å². The molecule has 0 unspecified atom stereocenters. The zero-order valence-electron chi connectivity index (χ0n) is 11.8. The number of anilines is 1. The number of carbonyl (C=O) groups is 1. The number of amides is 1. The summed E-state index contributed by atoms with van der Waals surface area (Å²) in [5.41, 5.74) is -0.628. The second-order valence-electron chi connectivity index (χ2n) is 4.26. The molecule has 1 aromatic heterocycles. The van der Waals surface area contributed by atoms with Crippen molar-refractivity contribution in [2.75, 3.05) is 30.5 Å². The van der Waals surface area contributed by atoms with Gasteiger partial charge in [0.25, 0.3) is 5.91 Å². The molecular formula is C11H17N5O3S2. The molecule has 0 bridgehead atoms. The third-order valence-electron chi connectivity index (χ3n) is 2.44. The summed E-state index contributed by atoms with van der Waals surface area (Å²) >= 11 is 5.29. The van der Waals surface area contributed by atoms with Crippen LogP contribution in [-0.4, -0.2) is 46.4 Å². The van der Waals surface area contributed by atoms with Crippen molar-refractivity contribution in [1.82, 2.24) is 14.7 Å². The molecular weight excluding hydrogens is 314 g/mol. The van der Waals surface area contributed by atoms with E-state index in [4.69, 9.17) is 0 Å². The fourth-order valence-electron chi connectivity index (χ4n) is 1.48. The molecule has 1 rings (SSSR count). The van der Waals surface area contributed by atoms with Crippen molar-refractivity contribution in [3.63, 3.8) is 0 Å². The first-order valence-corrected chi connectivity index (χ1v) is 7.80. The van der Waals surface area contributed by atoms with Gasteiger partial charge in [0.05, 0.1) is 4.92 Å². The van der Waals surface area contributed by atoms with E-state index < -0.39 is 16.5 Å². The van der Waals surface area contributed by atoms with Gasteiger partial charge in [-0.2, -0.15) is 12.6 Å². The van der Waals surface area contributed by atoms with Gasteiger partial charge in [-0.1, -0.05) is 11.9 Å². The number of unbranched alkanes of at least 4 members (excludes halogenated alkanes) is 1. The molecule has 0 aliphatic heterocycles. The van der Waals surface area contributed by atoms with Crippen LogP contribution < -0.4 is 9.62 Å². The zero-order chi connectivity index (χ0) is 15.8. The highest BCUT2D eigenvalue weighted by molar-refractivity contribution is 7.97. The van der Waals surface area contributed by atoms with Gasteiger partial charge >= 0.3 is 5.69 Å². The first-order valence-electron chi connectivity index (χ1n) is 6.18. The van der Waals surface area contributed by atoms with Crippen LogP contribution in [0.5, 0.6) is 0 Å². The quantitative estimate of drug-likeness (QED) is 0.245. The Kier molecular flexibility index (Phi) is 7.23. The summed E-state index contributed by atoms with van der Waals surface area (Å²) in [5, 5.41) is 11.2. The predicted molar refractivity (Wildman–Crippen MR) is 86.0 cm³/mol. The molecule has 1 aromatic rings. The molecule has 1 amide bonds. The topological polar surface area (TPSA) is 101 Å². The van der Waals surface area contributed by atoms with Crippen molar-refractivity contribution < 1.29 is 9.72 Å². The number of rotatable bonds is 8. The summed E-state index contributed by atoms with van der Waals surface area (Å²) < 4.78 is 2.56. The molecule has 21 heavy (non-hydrogen) atoms. The van der Waals surface area contributed by atoms with Gasteiger partial charge in [-0.15, -0.1) is 0 Å². The minimum atomic E-state index is -0.643. The van der Waals surface area contributed by atoms with E-state index in [0.717, 1.165) is 24.9 Å². The highest BCUT2D eigenvalue weighted by Crippen LogP contribution is 2.26. The molecule has 1 heterocycles. The number of hydrogen-bond acceptors (Lipinski definition) is 8. The molecule has 1 N–H and O–H groups in total. The van der Waals surface area contributed by atoms with Gasteiger partial charge in [0.15, 0.2) is 0 Å². The molecule has 0 aromatic carbocycles. The smallest absolute Gasteiger partial charge is 0.342 e. The molecule has 0 atom stereocenters. The monoisotopic (exact) mass is 331 g/mol. The minimum absolute atomic E-state index is 0.0974. The van der Waals surface area contributed by atoms with Gasteiger partial charge < -0.3 is 4.90 Å². The first kappa shape index (κ1) is 17.5. The maximum Gasteiger partial charge on any atom is 0.342 e. The number of carbonyl (C=O) groups excluding carboxylic acids is 1. The number of nitrogens with zero attached hydrogens (tertiary/aromatic N) is 4. The minimum Gasteiger partial charge on any atom is -0.357 e. The van der Waals surface area contributed by atoms with E-state index in [2.05, 4.69) is 27.3 Å². The van der Waals surface area contributed by atoms with Crippen LogP contribution in [0.3, 0.4) is 0 Å². The summed E-state index contributed by atoms with van der Waals surface area (Å²) in [7, 11) is 3.23. The van der Waals surface area contributed by atoms with Gasteiger partial charge in [0.1, 0.15) is 6.33 Å². The normalized spacial score (nSPS) is 10.2. The summed E-state index contributed by atoms with van der Waals surface area (Å²) in [6.45, 7) is 0. The van der Waals surface area contributed by atoms with Gasteiger partial charge in [-0.05, 0) is 18.6 Å². The summed E-state index contributed by atoms with van der Waals surface area (Å²) in [6.07, 6.45) is 3.00. The fourth-order valence-corrected chi connectivity index (χ4v) is 2.38. The Labute approximate surface area is 132 Å². The number of aromatic nitrogens is 2. The van der Waals surface area contributed by atoms with Crippen LogP contribution >= 0.6 is 24.6 Å².